The fraction of sp³-hybridized carbons (Fsp3) is 0.467. The fourth-order valence-electron chi connectivity index (χ4n) is 2.24. The molecule has 2 rings (SSSR count). The van der Waals surface area contributed by atoms with E-state index in [2.05, 4.69) is 0 Å². The largest absolute Gasteiger partial charge is 0.443 e. The molecule has 1 fully saturated rings. The first-order valence-electron chi connectivity index (χ1n) is 6.65. The highest BCUT2D eigenvalue weighted by Crippen LogP contribution is 2.30. The van der Waals surface area contributed by atoms with Crippen molar-refractivity contribution in [2.24, 2.45) is 0 Å². The lowest BCUT2D eigenvalue weighted by molar-refractivity contribution is -0.126. The van der Waals surface area contributed by atoms with Gasteiger partial charge in [0.2, 0.25) is 5.91 Å². The van der Waals surface area contributed by atoms with Gasteiger partial charge >= 0.3 is 6.09 Å². The standard InChI is InChI=1S/C15H17F2NO3/c1-15(2,3)21-14(20)18-8-10(6-13(18)19)9-4-11(16)7-12(17)5-9/h4-5,7,10H,6,8H2,1-3H3/t10-/m0/s1. The van der Waals surface area contributed by atoms with E-state index in [-0.39, 0.29) is 13.0 Å². The van der Waals surface area contributed by atoms with Crippen molar-refractivity contribution < 1.29 is 23.1 Å². The van der Waals surface area contributed by atoms with E-state index in [0.29, 0.717) is 5.56 Å². The third kappa shape index (κ3) is 3.77. The molecule has 0 aliphatic carbocycles. The maximum atomic E-state index is 13.2. The van der Waals surface area contributed by atoms with Crippen LogP contribution in [0.15, 0.2) is 18.2 Å². The van der Waals surface area contributed by atoms with Crippen LogP contribution in [0.25, 0.3) is 0 Å². The number of nitrogens with zero attached hydrogens (tertiary/aromatic N) is 1. The average Bonchev–Trinajstić information content (AvgIpc) is 2.68. The molecule has 0 saturated carbocycles. The van der Waals surface area contributed by atoms with Crippen molar-refractivity contribution in [2.45, 2.75) is 38.7 Å². The average molecular weight is 297 g/mol. The van der Waals surface area contributed by atoms with E-state index < -0.39 is 35.2 Å². The summed E-state index contributed by atoms with van der Waals surface area (Å²) in [6, 6.07) is 3.13. The highest BCUT2D eigenvalue weighted by atomic mass is 19.1. The van der Waals surface area contributed by atoms with Crippen molar-refractivity contribution in [2.75, 3.05) is 6.54 Å². The topological polar surface area (TPSA) is 46.6 Å². The van der Waals surface area contributed by atoms with Crippen molar-refractivity contribution in [3.05, 3.63) is 35.4 Å². The minimum atomic E-state index is -0.730. The van der Waals surface area contributed by atoms with Crippen LogP contribution < -0.4 is 0 Å². The number of hydrogen-bond donors (Lipinski definition) is 0. The maximum Gasteiger partial charge on any atom is 0.417 e. The summed E-state index contributed by atoms with van der Waals surface area (Å²) in [5, 5.41) is 0. The van der Waals surface area contributed by atoms with Crippen LogP contribution >= 0.6 is 0 Å². The number of rotatable bonds is 1. The van der Waals surface area contributed by atoms with Crippen LogP contribution in [-0.4, -0.2) is 29.0 Å². The number of carbonyl (C=O) groups excluding carboxylic acids is 2. The van der Waals surface area contributed by atoms with Gasteiger partial charge in [0, 0.05) is 24.9 Å². The lowest BCUT2D eigenvalue weighted by Crippen LogP contribution is -2.37. The molecule has 1 heterocycles. The van der Waals surface area contributed by atoms with Crippen LogP contribution in [0.5, 0.6) is 0 Å². The van der Waals surface area contributed by atoms with Gasteiger partial charge in [-0.2, -0.15) is 0 Å². The monoisotopic (exact) mass is 297 g/mol. The highest BCUT2D eigenvalue weighted by molar-refractivity contribution is 5.94. The van der Waals surface area contributed by atoms with Crippen molar-refractivity contribution in [3.63, 3.8) is 0 Å². The van der Waals surface area contributed by atoms with Crippen LogP contribution in [-0.2, 0) is 9.53 Å². The Bertz CT molecular complexity index is 561. The number of amides is 2. The van der Waals surface area contributed by atoms with Gasteiger partial charge in [-0.3, -0.25) is 4.79 Å². The molecular formula is C15H17F2NO3. The van der Waals surface area contributed by atoms with Gasteiger partial charge in [0.25, 0.3) is 0 Å². The van der Waals surface area contributed by atoms with E-state index in [1.54, 1.807) is 20.8 Å². The molecule has 4 nitrogen and oxygen atoms in total. The van der Waals surface area contributed by atoms with Crippen molar-refractivity contribution in [1.29, 1.82) is 0 Å². The van der Waals surface area contributed by atoms with Crippen LogP contribution in [0.1, 0.15) is 38.7 Å². The second-order valence-corrected chi connectivity index (χ2v) is 6.09. The number of ether oxygens (including phenoxy) is 1. The fourth-order valence-corrected chi connectivity index (χ4v) is 2.24. The van der Waals surface area contributed by atoms with E-state index in [9.17, 15) is 18.4 Å². The molecule has 21 heavy (non-hydrogen) atoms. The van der Waals surface area contributed by atoms with Crippen LogP contribution in [0, 0.1) is 11.6 Å². The number of imide groups is 1. The lowest BCUT2D eigenvalue weighted by Gasteiger charge is -2.23. The van der Waals surface area contributed by atoms with Gasteiger partial charge in [-0.25, -0.2) is 18.5 Å². The van der Waals surface area contributed by atoms with E-state index in [0.717, 1.165) is 11.0 Å². The Morgan fingerprint density at radius 3 is 2.33 bits per heavy atom. The molecule has 1 aliphatic rings. The molecule has 1 aliphatic heterocycles. The summed E-state index contributed by atoms with van der Waals surface area (Å²) in [4.78, 5) is 24.8. The Hall–Kier alpha value is -1.98. The molecule has 114 valence electrons. The van der Waals surface area contributed by atoms with Gasteiger partial charge < -0.3 is 4.74 Å². The molecule has 1 aromatic rings. The first kappa shape index (κ1) is 15.4. The van der Waals surface area contributed by atoms with E-state index in [4.69, 9.17) is 4.74 Å². The maximum absolute atomic E-state index is 13.2. The van der Waals surface area contributed by atoms with Crippen molar-refractivity contribution in [1.82, 2.24) is 4.90 Å². The molecular weight excluding hydrogens is 280 g/mol. The summed E-state index contributed by atoms with van der Waals surface area (Å²) in [5.74, 6) is -2.23. The third-order valence-electron chi connectivity index (χ3n) is 3.10. The highest BCUT2D eigenvalue weighted by Gasteiger charge is 2.37. The minimum absolute atomic E-state index is 0.0299. The van der Waals surface area contributed by atoms with Crippen molar-refractivity contribution in [3.8, 4) is 0 Å². The van der Waals surface area contributed by atoms with Crippen LogP contribution in [0.4, 0.5) is 13.6 Å². The zero-order chi connectivity index (χ0) is 15.8. The Labute approximate surface area is 121 Å². The molecule has 0 spiro atoms. The second-order valence-electron chi connectivity index (χ2n) is 6.09. The van der Waals surface area contributed by atoms with E-state index in [1.807, 2.05) is 0 Å². The number of carbonyl (C=O) groups is 2. The van der Waals surface area contributed by atoms with Gasteiger partial charge in [-0.15, -0.1) is 0 Å². The summed E-state index contributed by atoms with van der Waals surface area (Å²) in [6.07, 6.45) is -0.700. The predicted octanol–water partition coefficient (Wildman–Crippen LogP) is 3.22. The third-order valence-corrected chi connectivity index (χ3v) is 3.10. The number of benzene rings is 1. The Balaban J connectivity index is 2.14. The molecule has 6 heteroatoms. The number of likely N-dealkylation sites (tertiary alicyclic amines) is 1. The first-order valence-corrected chi connectivity index (χ1v) is 6.65. The lowest BCUT2D eigenvalue weighted by atomic mass is 9.98. The predicted molar refractivity (Wildman–Crippen MR) is 71.7 cm³/mol. The molecule has 0 bridgehead atoms. The SMILES string of the molecule is CC(C)(C)OC(=O)N1C[C@@H](c2cc(F)cc(F)c2)CC1=O. The summed E-state index contributed by atoms with van der Waals surface area (Å²) in [5.41, 5.74) is -0.340. The molecule has 0 radical (unpaired) electrons. The Morgan fingerprint density at radius 1 is 1.24 bits per heavy atom. The smallest absolute Gasteiger partial charge is 0.417 e. The molecule has 1 saturated heterocycles. The zero-order valence-electron chi connectivity index (χ0n) is 12.2. The number of hydrogen-bond acceptors (Lipinski definition) is 3. The van der Waals surface area contributed by atoms with Gasteiger partial charge in [0.15, 0.2) is 0 Å². The number of halogens is 2. The molecule has 0 unspecified atom stereocenters. The summed E-state index contributed by atoms with van der Waals surface area (Å²) in [6.45, 7) is 5.16. The van der Waals surface area contributed by atoms with Gasteiger partial charge in [-0.1, -0.05) is 0 Å². The molecule has 0 aromatic heterocycles. The summed E-state index contributed by atoms with van der Waals surface area (Å²) >= 11 is 0. The quantitative estimate of drug-likeness (QED) is 0.799. The van der Waals surface area contributed by atoms with E-state index in [1.165, 1.54) is 12.1 Å². The summed E-state index contributed by atoms with van der Waals surface area (Å²) in [7, 11) is 0. The van der Waals surface area contributed by atoms with Crippen molar-refractivity contribution >= 4 is 12.0 Å². The van der Waals surface area contributed by atoms with Crippen LogP contribution in [0.2, 0.25) is 0 Å². The van der Waals surface area contributed by atoms with Gasteiger partial charge in [0.1, 0.15) is 17.2 Å². The molecule has 1 aromatic carbocycles. The minimum Gasteiger partial charge on any atom is -0.443 e. The van der Waals surface area contributed by atoms with E-state index >= 15 is 0 Å². The zero-order valence-corrected chi connectivity index (χ0v) is 12.2. The molecule has 0 N–H and O–H groups in total. The van der Waals surface area contributed by atoms with Gasteiger partial charge in [-0.05, 0) is 38.5 Å². The van der Waals surface area contributed by atoms with Crippen LogP contribution in [0.3, 0.4) is 0 Å². The Morgan fingerprint density at radius 2 is 1.81 bits per heavy atom. The Kier molecular flexibility index (Phi) is 3.98. The first-order chi connectivity index (χ1) is 9.65. The summed E-state index contributed by atoms with van der Waals surface area (Å²) < 4.78 is 31.6. The van der Waals surface area contributed by atoms with Gasteiger partial charge in [0.05, 0.1) is 0 Å². The second kappa shape index (κ2) is 5.42. The normalized spacial score (nSPS) is 19.0. The molecule has 2 amide bonds. The molecule has 1 atom stereocenters.